The molecule has 1 aromatic rings. The quantitative estimate of drug-likeness (QED) is 0.441. The van der Waals surface area contributed by atoms with Gasteiger partial charge in [0.1, 0.15) is 0 Å². The fraction of sp³-hybridized carbons (Fsp3) is 0.591. The van der Waals surface area contributed by atoms with E-state index in [0.717, 1.165) is 0 Å². The highest BCUT2D eigenvalue weighted by Gasteiger charge is 2.38. The van der Waals surface area contributed by atoms with Crippen molar-refractivity contribution in [1.29, 1.82) is 5.26 Å². The number of nitrogens with zero attached hydrogens (tertiary/aromatic N) is 1. The molecule has 0 spiro atoms. The molecule has 0 N–H and O–H groups in total. The average Bonchev–Trinajstić information content (AvgIpc) is 2.76. The van der Waals surface area contributed by atoms with Gasteiger partial charge < -0.3 is 18.9 Å². The Labute approximate surface area is 177 Å². The molecule has 30 heavy (non-hydrogen) atoms. The number of rotatable bonds is 13. The molecule has 0 aliphatic rings. The molecule has 0 atom stereocenters. The van der Waals surface area contributed by atoms with E-state index in [4.69, 9.17) is 18.9 Å². The standard InChI is InChI=1S/C22H30FNO6/c1-5-13-29-18(25)9-11-22(15-24,12-10-19(26)30-14-6-2)16-7-8-17(27-3)21(28-4)20(16)23/h7-8H,5-6,9-14H2,1-4H3. The van der Waals surface area contributed by atoms with Crippen LogP contribution in [0.5, 0.6) is 11.5 Å². The second-order valence-corrected chi connectivity index (χ2v) is 6.80. The Kier molecular flexibility index (Phi) is 10.7. The highest BCUT2D eigenvalue weighted by Crippen LogP contribution is 2.41. The number of nitriles is 1. The summed E-state index contributed by atoms with van der Waals surface area (Å²) in [5, 5.41) is 10.0. The monoisotopic (exact) mass is 423 g/mol. The highest BCUT2D eigenvalue weighted by molar-refractivity contribution is 5.71. The molecule has 0 amide bonds. The van der Waals surface area contributed by atoms with Gasteiger partial charge in [-0.1, -0.05) is 19.9 Å². The maximum absolute atomic E-state index is 15.3. The second-order valence-electron chi connectivity index (χ2n) is 6.80. The lowest BCUT2D eigenvalue weighted by molar-refractivity contribution is -0.144. The van der Waals surface area contributed by atoms with Gasteiger partial charge in [0, 0.05) is 18.4 Å². The van der Waals surface area contributed by atoms with Gasteiger partial charge in [0.15, 0.2) is 17.3 Å². The second kappa shape index (κ2) is 12.7. The Balaban J connectivity index is 3.26. The highest BCUT2D eigenvalue weighted by atomic mass is 19.1. The lowest BCUT2D eigenvalue weighted by Gasteiger charge is -2.28. The number of benzene rings is 1. The first-order valence-corrected chi connectivity index (χ1v) is 10.0. The Morgan fingerprint density at radius 2 is 1.53 bits per heavy atom. The fourth-order valence-corrected chi connectivity index (χ4v) is 3.03. The summed E-state index contributed by atoms with van der Waals surface area (Å²) in [6, 6.07) is 5.05. The van der Waals surface area contributed by atoms with E-state index >= 15 is 4.39 Å². The molecule has 0 heterocycles. The van der Waals surface area contributed by atoms with Gasteiger partial charge in [0.2, 0.25) is 0 Å². The van der Waals surface area contributed by atoms with Gasteiger partial charge in [0.05, 0.1) is 38.9 Å². The molecule has 0 fully saturated rings. The van der Waals surface area contributed by atoms with E-state index in [1.807, 2.05) is 13.8 Å². The van der Waals surface area contributed by atoms with E-state index in [-0.39, 0.29) is 56.0 Å². The van der Waals surface area contributed by atoms with Crippen LogP contribution in [0.25, 0.3) is 0 Å². The van der Waals surface area contributed by atoms with Crippen molar-refractivity contribution in [2.45, 2.75) is 57.8 Å². The average molecular weight is 423 g/mol. The minimum Gasteiger partial charge on any atom is -0.493 e. The SMILES string of the molecule is CCCOC(=O)CCC(C#N)(CCC(=O)OCCC)c1ccc(OC)c(OC)c1F. The molecule has 0 aliphatic carbocycles. The smallest absolute Gasteiger partial charge is 0.305 e. The number of hydrogen-bond acceptors (Lipinski definition) is 7. The first-order chi connectivity index (χ1) is 14.4. The van der Waals surface area contributed by atoms with Gasteiger partial charge >= 0.3 is 11.9 Å². The van der Waals surface area contributed by atoms with Crippen LogP contribution in [-0.4, -0.2) is 39.4 Å². The van der Waals surface area contributed by atoms with Gasteiger partial charge in [-0.3, -0.25) is 9.59 Å². The van der Waals surface area contributed by atoms with Crippen LogP contribution in [0.3, 0.4) is 0 Å². The molecule has 0 radical (unpaired) electrons. The van der Waals surface area contributed by atoms with Crippen LogP contribution in [0.1, 0.15) is 57.9 Å². The minimum atomic E-state index is -1.44. The van der Waals surface area contributed by atoms with Crippen LogP contribution >= 0.6 is 0 Å². The molecule has 0 unspecified atom stereocenters. The van der Waals surface area contributed by atoms with Crippen LogP contribution in [0.15, 0.2) is 12.1 Å². The van der Waals surface area contributed by atoms with Crippen LogP contribution in [-0.2, 0) is 24.5 Å². The van der Waals surface area contributed by atoms with E-state index < -0.39 is 23.2 Å². The zero-order chi connectivity index (χ0) is 22.6. The molecule has 0 aromatic heterocycles. The van der Waals surface area contributed by atoms with Gasteiger partial charge in [-0.2, -0.15) is 5.26 Å². The number of halogens is 1. The molecule has 1 rings (SSSR count). The molecule has 8 heteroatoms. The molecular formula is C22H30FNO6. The predicted octanol–water partition coefficient (Wildman–Crippen LogP) is 4.07. The lowest BCUT2D eigenvalue weighted by atomic mass is 9.74. The van der Waals surface area contributed by atoms with Crippen LogP contribution in [0.2, 0.25) is 0 Å². The molecule has 0 bridgehead atoms. The normalized spacial score (nSPS) is 10.8. The third-order valence-corrected chi connectivity index (χ3v) is 4.66. The topological polar surface area (TPSA) is 94.9 Å². The number of carbonyl (C=O) groups excluding carboxylic acids is 2. The summed E-state index contributed by atoms with van der Waals surface area (Å²) in [5.74, 6) is -1.69. The van der Waals surface area contributed by atoms with Crippen LogP contribution in [0, 0.1) is 17.1 Å². The number of ether oxygens (including phenoxy) is 4. The fourth-order valence-electron chi connectivity index (χ4n) is 3.03. The Hall–Kier alpha value is -2.82. The third-order valence-electron chi connectivity index (χ3n) is 4.66. The molecule has 0 saturated heterocycles. The molecule has 0 aliphatic heterocycles. The number of esters is 2. The van der Waals surface area contributed by atoms with E-state index in [9.17, 15) is 14.9 Å². The summed E-state index contributed by atoms with van der Waals surface area (Å²) in [5.41, 5.74) is -1.41. The van der Waals surface area contributed by atoms with Crippen molar-refractivity contribution in [2.24, 2.45) is 0 Å². The zero-order valence-electron chi connectivity index (χ0n) is 18.1. The summed E-state index contributed by atoms with van der Waals surface area (Å²) < 4.78 is 35.6. The van der Waals surface area contributed by atoms with Crippen molar-refractivity contribution in [3.05, 3.63) is 23.5 Å². The van der Waals surface area contributed by atoms with Crippen LogP contribution < -0.4 is 9.47 Å². The molecule has 1 aromatic carbocycles. The summed E-state index contributed by atoms with van der Waals surface area (Å²) in [7, 11) is 2.67. The van der Waals surface area contributed by atoms with E-state index in [2.05, 4.69) is 6.07 Å². The summed E-state index contributed by atoms with van der Waals surface area (Å²) in [4.78, 5) is 24.0. The van der Waals surface area contributed by atoms with Crippen molar-refractivity contribution in [2.75, 3.05) is 27.4 Å². The maximum Gasteiger partial charge on any atom is 0.305 e. The largest absolute Gasteiger partial charge is 0.493 e. The zero-order valence-corrected chi connectivity index (χ0v) is 18.1. The van der Waals surface area contributed by atoms with Gasteiger partial charge in [0.25, 0.3) is 0 Å². The first kappa shape index (κ1) is 25.2. The molecular weight excluding hydrogens is 393 g/mol. The molecule has 166 valence electrons. The van der Waals surface area contributed by atoms with E-state index in [1.54, 1.807) is 0 Å². The first-order valence-electron chi connectivity index (χ1n) is 10.0. The Bertz CT molecular complexity index is 735. The third kappa shape index (κ3) is 6.61. The van der Waals surface area contributed by atoms with Crippen molar-refractivity contribution < 1.29 is 32.9 Å². The maximum atomic E-state index is 15.3. The summed E-state index contributed by atoms with van der Waals surface area (Å²) in [6.45, 7) is 4.28. The van der Waals surface area contributed by atoms with Gasteiger partial charge in [-0.15, -0.1) is 0 Å². The van der Waals surface area contributed by atoms with E-state index in [1.165, 1.54) is 26.4 Å². The van der Waals surface area contributed by atoms with Crippen molar-refractivity contribution in [3.8, 4) is 17.6 Å². The van der Waals surface area contributed by atoms with Crippen molar-refractivity contribution in [3.63, 3.8) is 0 Å². The molecule has 7 nitrogen and oxygen atoms in total. The minimum absolute atomic E-state index is 0.0144. The summed E-state index contributed by atoms with van der Waals surface area (Å²) in [6.07, 6.45) is 1.13. The van der Waals surface area contributed by atoms with Crippen molar-refractivity contribution >= 4 is 11.9 Å². The number of carbonyl (C=O) groups is 2. The number of methoxy groups -OCH3 is 2. The lowest BCUT2D eigenvalue weighted by Crippen LogP contribution is -2.29. The predicted molar refractivity (Wildman–Crippen MR) is 108 cm³/mol. The number of hydrogen-bond donors (Lipinski definition) is 0. The molecule has 0 saturated carbocycles. The van der Waals surface area contributed by atoms with Crippen LogP contribution in [0.4, 0.5) is 4.39 Å². The Morgan fingerprint density at radius 3 is 1.93 bits per heavy atom. The van der Waals surface area contributed by atoms with Gasteiger partial charge in [-0.05, 0) is 31.7 Å². The summed E-state index contributed by atoms with van der Waals surface area (Å²) >= 11 is 0. The van der Waals surface area contributed by atoms with Gasteiger partial charge in [-0.25, -0.2) is 4.39 Å². The Morgan fingerprint density at radius 1 is 1.00 bits per heavy atom. The van der Waals surface area contributed by atoms with E-state index in [0.29, 0.717) is 12.8 Å². The van der Waals surface area contributed by atoms with Crippen molar-refractivity contribution in [1.82, 2.24) is 0 Å².